The van der Waals surface area contributed by atoms with Crippen LogP contribution in [0.15, 0.2) is 60.3 Å². The summed E-state index contributed by atoms with van der Waals surface area (Å²) in [4.78, 5) is 35.0. The van der Waals surface area contributed by atoms with E-state index in [1.54, 1.807) is 42.5 Å². The van der Waals surface area contributed by atoms with Gasteiger partial charge in [-0.1, -0.05) is 30.3 Å². The highest BCUT2D eigenvalue weighted by Crippen LogP contribution is 2.12. The minimum atomic E-state index is -1.20. The monoisotopic (exact) mass is 340 g/mol. The smallest absolute Gasteiger partial charge is 0.322 e. The quantitative estimate of drug-likeness (QED) is 0.593. The largest absolute Gasteiger partial charge is 0.508 e. The normalized spacial score (nSPS) is 10.8. The van der Waals surface area contributed by atoms with Gasteiger partial charge in [0.2, 0.25) is 0 Å². The predicted molar refractivity (Wildman–Crippen MR) is 90.6 cm³/mol. The second kappa shape index (κ2) is 8.30. The number of aromatic hydroxyl groups is 1. The molecule has 0 atom stereocenters. The van der Waals surface area contributed by atoms with Crippen LogP contribution in [0.2, 0.25) is 0 Å². The summed E-state index contributed by atoms with van der Waals surface area (Å²) < 4.78 is 0. The van der Waals surface area contributed by atoms with Crippen LogP contribution in [0.1, 0.15) is 15.9 Å². The molecule has 7 nitrogen and oxygen atoms in total. The van der Waals surface area contributed by atoms with Gasteiger partial charge in [-0.2, -0.15) is 0 Å². The SMILES string of the molecule is O=C(O)CNC(=O)C(=Cc1ccc(O)cc1)NC(=O)c1ccccc1. The van der Waals surface area contributed by atoms with Crippen molar-refractivity contribution in [1.82, 2.24) is 10.6 Å². The summed E-state index contributed by atoms with van der Waals surface area (Å²) in [5, 5.41) is 22.7. The van der Waals surface area contributed by atoms with Gasteiger partial charge in [-0.25, -0.2) is 0 Å². The minimum Gasteiger partial charge on any atom is -0.508 e. The lowest BCUT2D eigenvalue weighted by Crippen LogP contribution is -2.37. The Labute approximate surface area is 143 Å². The van der Waals surface area contributed by atoms with Gasteiger partial charge in [-0.05, 0) is 35.9 Å². The third-order valence-corrected chi connectivity index (χ3v) is 3.13. The highest BCUT2D eigenvalue weighted by atomic mass is 16.4. The number of carboxylic acid groups (broad SMARTS) is 1. The molecule has 2 aromatic carbocycles. The lowest BCUT2D eigenvalue weighted by Gasteiger charge is -2.10. The number of phenols is 1. The summed E-state index contributed by atoms with van der Waals surface area (Å²) >= 11 is 0. The van der Waals surface area contributed by atoms with Gasteiger partial charge in [0, 0.05) is 5.56 Å². The molecule has 2 amide bonds. The van der Waals surface area contributed by atoms with Crippen molar-refractivity contribution in [3.8, 4) is 5.75 Å². The summed E-state index contributed by atoms with van der Waals surface area (Å²) in [5.74, 6) is -2.38. The van der Waals surface area contributed by atoms with Crippen molar-refractivity contribution < 1.29 is 24.6 Å². The van der Waals surface area contributed by atoms with Crippen molar-refractivity contribution in [2.45, 2.75) is 0 Å². The summed E-state index contributed by atoms with van der Waals surface area (Å²) in [6.07, 6.45) is 1.39. The molecule has 0 fully saturated rings. The molecular formula is C18H16N2O5. The Kier molecular flexibility index (Phi) is 5.89. The summed E-state index contributed by atoms with van der Waals surface area (Å²) in [6, 6.07) is 14.2. The number of benzene rings is 2. The van der Waals surface area contributed by atoms with Crippen LogP contribution in [0.25, 0.3) is 6.08 Å². The van der Waals surface area contributed by atoms with Crippen molar-refractivity contribution >= 4 is 23.9 Å². The van der Waals surface area contributed by atoms with Crippen LogP contribution in [0.3, 0.4) is 0 Å². The van der Waals surface area contributed by atoms with E-state index in [1.165, 1.54) is 18.2 Å². The zero-order valence-electron chi connectivity index (χ0n) is 13.1. The lowest BCUT2D eigenvalue weighted by atomic mass is 10.1. The van der Waals surface area contributed by atoms with E-state index >= 15 is 0 Å². The minimum absolute atomic E-state index is 0.0577. The van der Waals surface area contributed by atoms with E-state index in [1.807, 2.05) is 0 Å². The Balaban J connectivity index is 2.24. The third-order valence-electron chi connectivity index (χ3n) is 3.13. The van der Waals surface area contributed by atoms with Gasteiger partial charge >= 0.3 is 5.97 Å². The molecule has 0 aliphatic heterocycles. The van der Waals surface area contributed by atoms with Crippen molar-refractivity contribution in [1.29, 1.82) is 0 Å². The maximum atomic E-state index is 12.3. The van der Waals surface area contributed by atoms with Crippen LogP contribution < -0.4 is 10.6 Å². The number of amides is 2. The number of rotatable bonds is 6. The third kappa shape index (κ3) is 5.51. The molecule has 2 aromatic rings. The first-order valence-corrected chi connectivity index (χ1v) is 7.33. The molecule has 0 unspecified atom stereocenters. The standard InChI is InChI=1S/C18H16N2O5/c21-14-8-6-12(7-9-14)10-15(18(25)19-11-16(22)23)20-17(24)13-4-2-1-3-5-13/h1-10,21H,11H2,(H,19,25)(H,20,24)(H,22,23). The molecule has 128 valence electrons. The second-order valence-electron chi connectivity index (χ2n) is 5.05. The van der Waals surface area contributed by atoms with E-state index in [0.717, 1.165) is 0 Å². The molecule has 0 aliphatic rings. The van der Waals surface area contributed by atoms with Gasteiger partial charge in [0.25, 0.3) is 11.8 Å². The number of carbonyl (C=O) groups excluding carboxylic acids is 2. The Hall–Kier alpha value is -3.61. The number of hydrogen-bond acceptors (Lipinski definition) is 4. The van der Waals surface area contributed by atoms with Crippen LogP contribution in [-0.4, -0.2) is 34.5 Å². The highest BCUT2D eigenvalue weighted by Gasteiger charge is 2.15. The molecule has 0 saturated heterocycles. The Morgan fingerprint density at radius 2 is 1.60 bits per heavy atom. The van der Waals surface area contributed by atoms with Crippen LogP contribution in [0, 0.1) is 0 Å². The van der Waals surface area contributed by atoms with Gasteiger partial charge in [-0.3, -0.25) is 14.4 Å². The van der Waals surface area contributed by atoms with Gasteiger partial charge in [0.05, 0.1) is 0 Å². The topological polar surface area (TPSA) is 116 Å². The highest BCUT2D eigenvalue weighted by molar-refractivity contribution is 6.05. The van der Waals surface area contributed by atoms with Crippen LogP contribution in [0.4, 0.5) is 0 Å². The average molecular weight is 340 g/mol. The summed E-state index contributed by atoms with van der Waals surface area (Å²) in [6.45, 7) is -0.576. The van der Waals surface area contributed by atoms with E-state index < -0.39 is 24.3 Å². The molecule has 4 N–H and O–H groups in total. The van der Waals surface area contributed by atoms with Gasteiger partial charge in [0.15, 0.2) is 0 Å². The van der Waals surface area contributed by atoms with E-state index in [4.69, 9.17) is 5.11 Å². The first kappa shape index (κ1) is 17.7. The number of hydrogen-bond donors (Lipinski definition) is 4. The van der Waals surface area contributed by atoms with Crippen molar-refractivity contribution in [2.75, 3.05) is 6.54 Å². The molecule has 0 spiro atoms. The second-order valence-corrected chi connectivity index (χ2v) is 5.05. The van der Waals surface area contributed by atoms with E-state index in [2.05, 4.69) is 10.6 Å². The Bertz CT molecular complexity index is 798. The zero-order valence-corrected chi connectivity index (χ0v) is 13.1. The molecule has 0 heterocycles. The number of nitrogens with one attached hydrogen (secondary N) is 2. The molecular weight excluding hydrogens is 324 g/mol. The van der Waals surface area contributed by atoms with Crippen LogP contribution in [0.5, 0.6) is 5.75 Å². The Morgan fingerprint density at radius 1 is 0.960 bits per heavy atom. The zero-order chi connectivity index (χ0) is 18.2. The molecule has 7 heteroatoms. The van der Waals surface area contributed by atoms with Crippen molar-refractivity contribution in [3.05, 3.63) is 71.4 Å². The van der Waals surface area contributed by atoms with Crippen molar-refractivity contribution in [3.63, 3.8) is 0 Å². The molecule has 0 bridgehead atoms. The number of phenolic OH excluding ortho intramolecular Hbond substituents is 1. The predicted octanol–water partition coefficient (Wildman–Crippen LogP) is 1.36. The van der Waals surface area contributed by atoms with E-state index in [-0.39, 0.29) is 11.4 Å². The van der Waals surface area contributed by atoms with Crippen molar-refractivity contribution in [2.24, 2.45) is 0 Å². The maximum Gasteiger partial charge on any atom is 0.322 e. The molecule has 0 aliphatic carbocycles. The fourth-order valence-electron chi connectivity index (χ4n) is 1.93. The summed E-state index contributed by atoms with van der Waals surface area (Å²) in [5.41, 5.74) is 0.789. The fourth-order valence-corrected chi connectivity index (χ4v) is 1.93. The number of carbonyl (C=O) groups is 3. The van der Waals surface area contributed by atoms with Gasteiger partial charge in [0.1, 0.15) is 18.0 Å². The van der Waals surface area contributed by atoms with Gasteiger partial charge < -0.3 is 20.8 Å². The van der Waals surface area contributed by atoms with E-state index in [0.29, 0.717) is 11.1 Å². The number of aliphatic carboxylic acids is 1. The maximum absolute atomic E-state index is 12.3. The van der Waals surface area contributed by atoms with Crippen LogP contribution >= 0.6 is 0 Å². The molecule has 2 rings (SSSR count). The number of carboxylic acids is 1. The lowest BCUT2D eigenvalue weighted by molar-refractivity contribution is -0.137. The van der Waals surface area contributed by atoms with Crippen LogP contribution in [-0.2, 0) is 9.59 Å². The molecule has 0 aromatic heterocycles. The average Bonchev–Trinajstić information content (AvgIpc) is 2.61. The summed E-state index contributed by atoms with van der Waals surface area (Å²) in [7, 11) is 0. The van der Waals surface area contributed by atoms with Gasteiger partial charge in [-0.15, -0.1) is 0 Å². The molecule has 0 saturated carbocycles. The molecule has 0 radical (unpaired) electrons. The Morgan fingerprint density at radius 3 is 2.20 bits per heavy atom. The molecule has 25 heavy (non-hydrogen) atoms. The fraction of sp³-hybridized carbons (Fsp3) is 0.0556. The van der Waals surface area contributed by atoms with E-state index in [9.17, 15) is 19.5 Å². The first-order valence-electron chi connectivity index (χ1n) is 7.33. The first-order chi connectivity index (χ1) is 12.0.